The van der Waals surface area contributed by atoms with Crippen LogP contribution in [-0.4, -0.2) is 66.1 Å². The second-order valence-corrected chi connectivity index (χ2v) is 6.37. The molecule has 1 aromatic rings. The number of hydrogen-bond donors (Lipinski definition) is 2. The molecule has 1 aliphatic heterocycles. The zero-order valence-corrected chi connectivity index (χ0v) is 14.0. The van der Waals surface area contributed by atoms with Gasteiger partial charge in [0.2, 0.25) is 5.91 Å². The van der Waals surface area contributed by atoms with Crippen LogP contribution in [0.4, 0.5) is 5.69 Å². The molecule has 1 amide bonds. The number of carboxylic acids is 1. The molecule has 2 N–H and O–H groups in total. The number of carboxylic acid groups (broad SMARTS) is 1. The van der Waals surface area contributed by atoms with Gasteiger partial charge in [-0.3, -0.25) is 14.5 Å². The Morgan fingerprint density at radius 1 is 1.23 bits per heavy atom. The maximum atomic E-state index is 12.1. The van der Waals surface area contributed by atoms with Crippen molar-refractivity contribution in [1.29, 1.82) is 0 Å². The highest BCUT2D eigenvalue weighted by Gasteiger charge is 2.30. The van der Waals surface area contributed by atoms with Gasteiger partial charge in [-0.05, 0) is 31.3 Å². The molecule has 0 saturated carbocycles. The first-order valence-corrected chi connectivity index (χ1v) is 7.96. The molecule has 1 aliphatic rings. The van der Waals surface area contributed by atoms with Crippen LogP contribution in [0.1, 0.15) is 6.42 Å². The maximum Gasteiger partial charge on any atom is 0.321 e. The molecule has 2 rings (SSSR count). The number of halogens is 1. The molecule has 1 atom stereocenters. The molecule has 0 unspecified atom stereocenters. The second kappa shape index (κ2) is 7.71. The van der Waals surface area contributed by atoms with Crippen LogP contribution >= 0.6 is 15.9 Å². The van der Waals surface area contributed by atoms with E-state index in [0.717, 1.165) is 17.6 Å². The number of likely N-dealkylation sites (N-methyl/N-ethyl adjacent to an activating group) is 1. The van der Waals surface area contributed by atoms with Crippen molar-refractivity contribution < 1.29 is 14.7 Å². The third kappa shape index (κ3) is 4.79. The number of anilines is 1. The molecular formula is C15H20BrN3O3. The number of benzene rings is 1. The summed E-state index contributed by atoms with van der Waals surface area (Å²) in [6, 6.07) is 6.42. The number of rotatable bonds is 5. The van der Waals surface area contributed by atoms with Gasteiger partial charge in [0.05, 0.1) is 6.42 Å². The summed E-state index contributed by atoms with van der Waals surface area (Å²) in [6.07, 6.45) is -0.0465. The van der Waals surface area contributed by atoms with Crippen LogP contribution in [0, 0.1) is 0 Å². The van der Waals surface area contributed by atoms with Crippen molar-refractivity contribution >= 4 is 33.5 Å². The third-order valence-electron chi connectivity index (χ3n) is 3.77. The van der Waals surface area contributed by atoms with E-state index in [9.17, 15) is 14.7 Å². The van der Waals surface area contributed by atoms with Crippen LogP contribution in [-0.2, 0) is 9.59 Å². The summed E-state index contributed by atoms with van der Waals surface area (Å²) in [4.78, 5) is 27.6. The summed E-state index contributed by atoms with van der Waals surface area (Å²) < 4.78 is 0.923. The lowest BCUT2D eigenvalue weighted by atomic mass is 10.1. The van der Waals surface area contributed by atoms with Crippen LogP contribution in [0.15, 0.2) is 28.7 Å². The molecule has 0 spiro atoms. The average Bonchev–Trinajstić information content (AvgIpc) is 2.48. The molecular weight excluding hydrogens is 350 g/mol. The van der Waals surface area contributed by atoms with Crippen molar-refractivity contribution in [2.45, 2.75) is 12.5 Å². The van der Waals surface area contributed by atoms with Crippen LogP contribution in [0.3, 0.4) is 0 Å². The fourth-order valence-electron chi connectivity index (χ4n) is 2.43. The lowest BCUT2D eigenvalue weighted by Crippen LogP contribution is -2.52. The molecule has 120 valence electrons. The number of hydrogen-bond acceptors (Lipinski definition) is 4. The lowest BCUT2D eigenvalue weighted by molar-refractivity contribution is -0.145. The molecule has 22 heavy (non-hydrogen) atoms. The Morgan fingerprint density at radius 2 is 1.82 bits per heavy atom. The minimum Gasteiger partial charge on any atom is -0.480 e. The number of carbonyl (C=O) groups is 2. The van der Waals surface area contributed by atoms with E-state index in [1.807, 2.05) is 24.1 Å². The molecule has 0 aromatic heterocycles. The SMILES string of the molecule is CN1CCN([C@@H](CC(=O)Nc2ccc(Br)cc2)C(=O)O)CC1. The van der Waals surface area contributed by atoms with Gasteiger partial charge in [0.25, 0.3) is 0 Å². The van der Waals surface area contributed by atoms with Gasteiger partial charge < -0.3 is 15.3 Å². The Balaban J connectivity index is 1.94. The predicted molar refractivity (Wildman–Crippen MR) is 87.9 cm³/mol. The number of nitrogens with zero attached hydrogens (tertiary/aromatic N) is 2. The molecule has 1 heterocycles. The molecule has 0 radical (unpaired) electrons. The van der Waals surface area contributed by atoms with Crippen LogP contribution < -0.4 is 5.32 Å². The van der Waals surface area contributed by atoms with E-state index in [-0.39, 0.29) is 12.3 Å². The van der Waals surface area contributed by atoms with Gasteiger partial charge >= 0.3 is 5.97 Å². The van der Waals surface area contributed by atoms with E-state index in [0.29, 0.717) is 18.8 Å². The van der Waals surface area contributed by atoms with Crippen molar-refractivity contribution in [3.05, 3.63) is 28.7 Å². The summed E-state index contributed by atoms with van der Waals surface area (Å²) in [5.74, 6) is -1.23. The minimum absolute atomic E-state index is 0.0465. The van der Waals surface area contributed by atoms with Crippen LogP contribution in [0.2, 0.25) is 0 Å². The Hall–Kier alpha value is -1.44. The van der Waals surface area contributed by atoms with E-state index in [2.05, 4.69) is 26.1 Å². The van der Waals surface area contributed by atoms with E-state index in [4.69, 9.17) is 0 Å². The molecule has 6 nitrogen and oxygen atoms in total. The second-order valence-electron chi connectivity index (χ2n) is 5.45. The van der Waals surface area contributed by atoms with Crippen LogP contribution in [0.25, 0.3) is 0 Å². The van der Waals surface area contributed by atoms with E-state index in [1.165, 1.54) is 0 Å². The smallest absolute Gasteiger partial charge is 0.321 e. The van der Waals surface area contributed by atoms with Crippen molar-refractivity contribution in [1.82, 2.24) is 9.80 Å². The molecule has 0 aliphatic carbocycles. The molecule has 7 heteroatoms. The van der Waals surface area contributed by atoms with Gasteiger partial charge in [-0.25, -0.2) is 0 Å². The Labute approximate surface area is 138 Å². The monoisotopic (exact) mass is 369 g/mol. The summed E-state index contributed by atoms with van der Waals surface area (Å²) in [7, 11) is 2.01. The van der Waals surface area contributed by atoms with E-state index >= 15 is 0 Å². The minimum atomic E-state index is -0.949. The highest BCUT2D eigenvalue weighted by Crippen LogP contribution is 2.15. The van der Waals surface area contributed by atoms with Gasteiger partial charge in [-0.15, -0.1) is 0 Å². The van der Waals surface area contributed by atoms with Crippen molar-refractivity contribution in [2.75, 3.05) is 38.5 Å². The fraction of sp³-hybridized carbons (Fsp3) is 0.467. The summed E-state index contributed by atoms with van der Waals surface area (Å²) in [5, 5.41) is 12.1. The largest absolute Gasteiger partial charge is 0.480 e. The number of nitrogens with one attached hydrogen (secondary N) is 1. The number of piperazine rings is 1. The average molecular weight is 370 g/mol. The van der Waals surface area contributed by atoms with Gasteiger partial charge in [0, 0.05) is 36.3 Å². The normalized spacial score (nSPS) is 17.9. The number of carbonyl (C=O) groups excluding carboxylic acids is 1. The van der Waals surface area contributed by atoms with E-state index < -0.39 is 12.0 Å². The zero-order valence-electron chi connectivity index (χ0n) is 12.5. The molecule has 1 saturated heterocycles. The first-order valence-electron chi connectivity index (χ1n) is 7.16. The fourth-order valence-corrected chi connectivity index (χ4v) is 2.69. The lowest BCUT2D eigenvalue weighted by Gasteiger charge is -2.35. The summed E-state index contributed by atoms with van der Waals surface area (Å²) in [5.41, 5.74) is 0.663. The third-order valence-corrected chi connectivity index (χ3v) is 4.30. The molecule has 1 aromatic carbocycles. The maximum absolute atomic E-state index is 12.1. The van der Waals surface area contributed by atoms with Crippen LogP contribution in [0.5, 0.6) is 0 Å². The van der Waals surface area contributed by atoms with Crippen molar-refractivity contribution in [3.8, 4) is 0 Å². The number of aliphatic carboxylic acids is 1. The summed E-state index contributed by atoms with van der Waals surface area (Å²) >= 11 is 3.33. The Kier molecular flexibility index (Phi) is 5.93. The van der Waals surface area contributed by atoms with Crippen molar-refractivity contribution in [3.63, 3.8) is 0 Å². The predicted octanol–water partition coefficient (Wildman–Crippen LogP) is 1.48. The Morgan fingerprint density at radius 3 is 2.36 bits per heavy atom. The number of amides is 1. The van der Waals surface area contributed by atoms with E-state index in [1.54, 1.807) is 12.1 Å². The first kappa shape index (κ1) is 16.9. The molecule has 1 fully saturated rings. The summed E-state index contributed by atoms with van der Waals surface area (Å²) in [6.45, 7) is 2.97. The van der Waals surface area contributed by atoms with Gasteiger partial charge in [0.15, 0.2) is 0 Å². The van der Waals surface area contributed by atoms with Crippen molar-refractivity contribution in [2.24, 2.45) is 0 Å². The van der Waals surface area contributed by atoms with Gasteiger partial charge in [-0.1, -0.05) is 15.9 Å². The molecule has 0 bridgehead atoms. The quantitative estimate of drug-likeness (QED) is 0.822. The highest BCUT2D eigenvalue weighted by atomic mass is 79.9. The zero-order chi connectivity index (χ0) is 16.1. The van der Waals surface area contributed by atoms with Gasteiger partial charge in [-0.2, -0.15) is 0 Å². The highest BCUT2D eigenvalue weighted by molar-refractivity contribution is 9.10. The van der Waals surface area contributed by atoms with Gasteiger partial charge in [0.1, 0.15) is 6.04 Å². The topological polar surface area (TPSA) is 72.9 Å². The standard InChI is InChI=1S/C15H20BrN3O3/c1-18-6-8-19(9-7-18)13(15(21)22)10-14(20)17-12-4-2-11(16)3-5-12/h2-5,13H,6-10H2,1H3,(H,17,20)(H,21,22)/t13-/m0/s1. The Bertz CT molecular complexity index is 527. The first-order chi connectivity index (χ1) is 10.5.